The number of hydrogen-bond donors (Lipinski definition) is 0. The highest BCUT2D eigenvalue weighted by Gasteiger charge is 2.19. The molecule has 0 aliphatic carbocycles. The Labute approximate surface area is 136 Å². The Morgan fingerprint density at radius 3 is 1.14 bits per heavy atom. The second kappa shape index (κ2) is 16.4. The molecule has 0 saturated carbocycles. The van der Waals surface area contributed by atoms with Crippen LogP contribution in [0.15, 0.2) is 0 Å². The van der Waals surface area contributed by atoms with Crippen LogP contribution in [-0.2, 0) is 0 Å². The molecule has 0 aromatic rings. The van der Waals surface area contributed by atoms with Gasteiger partial charge in [-0.15, -0.1) is 0 Å². The molecule has 0 nitrogen and oxygen atoms in total. The van der Waals surface area contributed by atoms with Crippen molar-refractivity contribution < 1.29 is 0 Å². The Bertz CT molecular complexity index is 184. The van der Waals surface area contributed by atoms with Crippen LogP contribution >= 0.6 is 0 Å². The van der Waals surface area contributed by atoms with Gasteiger partial charge in [-0.25, -0.2) is 0 Å². The average molecular weight is 297 g/mol. The van der Waals surface area contributed by atoms with Gasteiger partial charge in [0.2, 0.25) is 0 Å². The van der Waals surface area contributed by atoms with Gasteiger partial charge >= 0.3 is 0 Å². The van der Waals surface area contributed by atoms with Gasteiger partial charge in [-0.1, -0.05) is 124 Å². The molecule has 0 saturated heterocycles. The molecule has 0 aliphatic rings. The van der Waals surface area contributed by atoms with Gasteiger partial charge in [0, 0.05) is 0 Å². The summed E-state index contributed by atoms with van der Waals surface area (Å²) < 4.78 is 0. The summed E-state index contributed by atoms with van der Waals surface area (Å²) in [5.41, 5.74) is 0. The third kappa shape index (κ3) is 12.2. The molecule has 2 unspecified atom stereocenters. The lowest BCUT2D eigenvalue weighted by molar-refractivity contribution is 0.245. The van der Waals surface area contributed by atoms with Crippen molar-refractivity contribution in [1.29, 1.82) is 0 Å². The van der Waals surface area contributed by atoms with Crippen molar-refractivity contribution in [1.82, 2.24) is 0 Å². The molecule has 0 amide bonds. The monoisotopic (exact) mass is 296 g/mol. The first-order valence-electron chi connectivity index (χ1n) is 10.3. The predicted octanol–water partition coefficient (Wildman–Crippen LogP) is 8.15. The van der Waals surface area contributed by atoms with Crippen molar-refractivity contribution >= 4 is 0 Å². The lowest BCUT2D eigenvalue weighted by atomic mass is 9.79. The minimum absolute atomic E-state index is 1.03. The molecule has 0 radical (unpaired) electrons. The first-order valence-corrected chi connectivity index (χ1v) is 10.3. The highest BCUT2D eigenvalue weighted by atomic mass is 14.2. The minimum atomic E-state index is 1.03. The van der Waals surface area contributed by atoms with Gasteiger partial charge in [0.15, 0.2) is 0 Å². The molecule has 128 valence electrons. The van der Waals surface area contributed by atoms with Crippen LogP contribution in [-0.4, -0.2) is 0 Å². The Balaban J connectivity index is 4.10. The van der Waals surface area contributed by atoms with Gasteiger partial charge in [-0.05, 0) is 11.8 Å². The van der Waals surface area contributed by atoms with Crippen molar-refractivity contribution in [3.05, 3.63) is 0 Å². The van der Waals surface area contributed by atoms with Crippen LogP contribution in [0.4, 0.5) is 0 Å². The third-order valence-electron chi connectivity index (χ3n) is 5.09. The van der Waals surface area contributed by atoms with E-state index in [9.17, 15) is 0 Å². The van der Waals surface area contributed by atoms with Crippen LogP contribution in [0.1, 0.15) is 124 Å². The summed E-state index contributed by atoms with van der Waals surface area (Å²) in [6.45, 7) is 9.39. The van der Waals surface area contributed by atoms with E-state index in [1.165, 1.54) is 96.3 Å². The van der Waals surface area contributed by atoms with Crippen molar-refractivity contribution in [2.45, 2.75) is 124 Å². The molecule has 0 aromatic carbocycles. The van der Waals surface area contributed by atoms with Crippen LogP contribution in [0, 0.1) is 11.8 Å². The van der Waals surface area contributed by atoms with Gasteiger partial charge in [0.1, 0.15) is 0 Å². The van der Waals surface area contributed by atoms with E-state index < -0.39 is 0 Å². The van der Waals surface area contributed by atoms with E-state index in [-0.39, 0.29) is 0 Å². The quantitative estimate of drug-likeness (QED) is 0.252. The third-order valence-corrected chi connectivity index (χ3v) is 5.09. The number of hydrogen-bond acceptors (Lipinski definition) is 0. The van der Waals surface area contributed by atoms with Crippen LogP contribution in [0.5, 0.6) is 0 Å². The second-order valence-electron chi connectivity index (χ2n) is 7.15. The maximum absolute atomic E-state index is 2.38. The summed E-state index contributed by atoms with van der Waals surface area (Å²) in [5.74, 6) is 2.05. The van der Waals surface area contributed by atoms with E-state index >= 15 is 0 Å². The summed E-state index contributed by atoms with van der Waals surface area (Å²) in [6, 6.07) is 0. The van der Waals surface area contributed by atoms with Crippen LogP contribution in [0.3, 0.4) is 0 Å². The fraction of sp³-hybridized carbons (Fsp3) is 1.00. The van der Waals surface area contributed by atoms with Crippen molar-refractivity contribution in [3.63, 3.8) is 0 Å². The van der Waals surface area contributed by atoms with Gasteiger partial charge in [0.05, 0.1) is 0 Å². The molecule has 0 spiro atoms. The first kappa shape index (κ1) is 21.0. The molecular weight excluding hydrogens is 252 g/mol. The molecule has 0 heterocycles. The molecule has 0 fully saturated rings. The molecule has 0 aliphatic heterocycles. The Morgan fingerprint density at radius 1 is 0.381 bits per heavy atom. The topological polar surface area (TPSA) is 0 Å². The molecule has 0 rings (SSSR count). The molecule has 0 heteroatoms. The van der Waals surface area contributed by atoms with Gasteiger partial charge < -0.3 is 0 Å². The Morgan fingerprint density at radius 2 is 0.762 bits per heavy atom. The average Bonchev–Trinajstić information content (AvgIpc) is 2.49. The fourth-order valence-electron chi connectivity index (χ4n) is 3.82. The Hall–Kier alpha value is 0. The maximum Gasteiger partial charge on any atom is -0.0386 e. The van der Waals surface area contributed by atoms with Crippen molar-refractivity contribution in [2.24, 2.45) is 11.8 Å². The zero-order valence-corrected chi connectivity index (χ0v) is 15.8. The van der Waals surface area contributed by atoms with Gasteiger partial charge in [0.25, 0.3) is 0 Å². The van der Waals surface area contributed by atoms with E-state index in [1.807, 2.05) is 0 Å². The first-order chi connectivity index (χ1) is 10.3. The maximum atomic E-state index is 2.38. The zero-order chi connectivity index (χ0) is 15.8. The number of unbranched alkanes of at least 4 members (excludes halogenated alkanes) is 7. The molecule has 0 bridgehead atoms. The smallest absolute Gasteiger partial charge is 0.0386 e. The molecular formula is C21H44. The standard InChI is InChI=1S/C21H44/c1-5-9-11-13-15-19-21(17-8-4)20(16-7-3)18-14-12-10-6-2/h20-21H,5-19H2,1-4H3. The van der Waals surface area contributed by atoms with Gasteiger partial charge in [-0.2, -0.15) is 0 Å². The molecule has 21 heavy (non-hydrogen) atoms. The lowest BCUT2D eigenvalue weighted by Gasteiger charge is -2.27. The Kier molecular flexibility index (Phi) is 16.4. The van der Waals surface area contributed by atoms with Crippen LogP contribution in [0.2, 0.25) is 0 Å². The highest BCUT2D eigenvalue weighted by Crippen LogP contribution is 2.32. The normalized spacial score (nSPS) is 14.3. The fourth-order valence-corrected chi connectivity index (χ4v) is 3.82. The zero-order valence-electron chi connectivity index (χ0n) is 15.8. The highest BCUT2D eigenvalue weighted by molar-refractivity contribution is 4.71. The predicted molar refractivity (Wildman–Crippen MR) is 98.9 cm³/mol. The van der Waals surface area contributed by atoms with Crippen molar-refractivity contribution in [3.8, 4) is 0 Å². The van der Waals surface area contributed by atoms with E-state index in [4.69, 9.17) is 0 Å². The lowest BCUT2D eigenvalue weighted by Crippen LogP contribution is -2.15. The SMILES string of the molecule is CCCCCCCC(CCC)C(CCC)CCCCCC. The van der Waals surface area contributed by atoms with E-state index in [1.54, 1.807) is 0 Å². The van der Waals surface area contributed by atoms with E-state index in [2.05, 4.69) is 27.7 Å². The minimum Gasteiger partial charge on any atom is -0.0654 e. The van der Waals surface area contributed by atoms with E-state index in [0.717, 1.165) is 11.8 Å². The van der Waals surface area contributed by atoms with Crippen LogP contribution < -0.4 is 0 Å². The van der Waals surface area contributed by atoms with Crippen molar-refractivity contribution in [2.75, 3.05) is 0 Å². The summed E-state index contributed by atoms with van der Waals surface area (Å²) in [7, 11) is 0. The largest absolute Gasteiger partial charge is 0.0654 e. The summed E-state index contributed by atoms with van der Waals surface area (Å²) >= 11 is 0. The van der Waals surface area contributed by atoms with E-state index in [0.29, 0.717) is 0 Å². The molecule has 0 N–H and O–H groups in total. The van der Waals surface area contributed by atoms with Crippen LogP contribution in [0.25, 0.3) is 0 Å². The summed E-state index contributed by atoms with van der Waals surface area (Å²) in [5, 5.41) is 0. The molecule has 0 aromatic heterocycles. The number of rotatable bonds is 16. The summed E-state index contributed by atoms with van der Waals surface area (Å²) in [6.07, 6.45) is 21.7. The summed E-state index contributed by atoms with van der Waals surface area (Å²) in [4.78, 5) is 0. The molecule has 2 atom stereocenters. The second-order valence-corrected chi connectivity index (χ2v) is 7.15. The van der Waals surface area contributed by atoms with Gasteiger partial charge in [-0.3, -0.25) is 0 Å².